The van der Waals surface area contributed by atoms with Crippen LogP contribution in [0.3, 0.4) is 0 Å². The molecule has 0 spiro atoms. The third kappa shape index (κ3) is 3.10. The number of hydrogen-bond donors (Lipinski definition) is 2. The molecular formula is C12H24N4O. The molecule has 0 saturated carbocycles. The van der Waals surface area contributed by atoms with Crippen LogP contribution in [0.1, 0.15) is 12.8 Å². The fraction of sp³-hybridized carbons (Fsp3) is 0.917. The summed E-state index contributed by atoms with van der Waals surface area (Å²) in [4.78, 5) is 16.1. The number of carbonyl (C=O) groups excluding carboxylic acids is 1. The number of hydrogen-bond acceptors (Lipinski definition) is 3. The summed E-state index contributed by atoms with van der Waals surface area (Å²) in [6.07, 6.45) is 2.24. The van der Waals surface area contributed by atoms with Gasteiger partial charge in [-0.15, -0.1) is 0 Å². The van der Waals surface area contributed by atoms with Crippen LogP contribution in [0, 0.1) is 5.92 Å². The average Bonchev–Trinajstić information content (AvgIpc) is 2.86. The molecule has 5 nitrogen and oxygen atoms in total. The second-order valence-electron chi connectivity index (χ2n) is 5.27. The largest absolute Gasteiger partial charge is 0.333 e. The van der Waals surface area contributed by atoms with Crippen LogP contribution in [-0.2, 0) is 0 Å². The molecular weight excluding hydrogens is 216 g/mol. The minimum atomic E-state index is 0.126. The normalized spacial score (nSPS) is 30.0. The van der Waals surface area contributed by atoms with Crippen molar-refractivity contribution in [2.45, 2.75) is 18.9 Å². The minimum Gasteiger partial charge on any atom is -0.333 e. The number of likely N-dealkylation sites (tertiary alicyclic amines) is 1. The van der Waals surface area contributed by atoms with Crippen molar-refractivity contribution in [2.75, 3.05) is 46.8 Å². The van der Waals surface area contributed by atoms with Crippen LogP contribution >= 0.6 is 0 Å². The van der Waals surface area contributed by atoms with E-state index in [4.69, 9.17) is 0 Å². The summed E-state index contributed by atoms with van der Waals surface area (Å²) in [5, 5.41) is 6.25. The number of nitrogens with zero attached hydrogens (tertiary/aromatic N) is 2. The van der Waals surface area contributed by atoms with Crippen molar-refractivity contribution in [3.63, 3.8) is 0 Å². The summed E-state index contributed by atoms with van der Waals surface area (Å²) in [5.74, 6) is 0.637. The SMILES string of the molecule is CNCCCN1CC(C2CCN(C)C2)NC1=O. The van der Waals surface area contributed by atoms with Gasteiger partial charge in [-0.25, -0.2) is 4.79 Å². The molecule has 2 rings (SSSR count). The van der Waals surface area contributed by atoms with E-state index in [0.29, 0.717) is 12.0 Å². The smallest absolute Gasteiger partial charge is 0.317 e. The predicted octanol–water partition coefficient (Wildman–Crippen LogP) is -0.0586. The zero-order valence-corrected chi connectivity index (χ0v) is 10.9. The van der Waals surface area contributed by atoms with Gasteiger partial charge < -0.3 is 20.4 Å². The highest BCUT2D eigenvalue weighted by Crippen LogP contribution is 2.22. The molecule has 17 heavy (non-hydrogen) atoms. The van der Waals surface area contributed by atoms with Gasteiger partial charge in [-0.05, 0) is 45.9 Å². The molecule has 2 heterocycles. The molecule has 2 aliphatic rings. The standard InChI is InChI=1S/C12H24N4O/c1-13-5-3-6-16-9-11(14-12(16)17)10-4-7-15(2)8-10/h10-11,13H,3-9H2,1-2H3,(H,14,17). The molecule has 0 aromatic carbocycles. The lowest BCUT2D eigenvalue weighted by Crippen LogP contribution is -2.35. The first-order chi connectivity index (χ1) is 8.20. The van der Waals surface area contributed by atoms with Crippen molar-refractivity contribution in [3.05, 3.63) is 0 Å². The van der Waals surface area contributed by atoms with Gasteiger partial charge in [0.1, 0.15) is 0 Å². The fourth-order valence-corrected chi connectivity index (χ4v) is 2.82. The highest BCUT2D eigenvalue weighted by molar-refractivity contribution is 5.76. The number of amides is 2. The molecule has 2 N–H and O–H groups in total. The van der Waals surface area contributed by atoms with Crippen LogP contribution in [0.5, 0.6) is 0 Å². The van der Waals surface area contributed by atoms with Crippen molar-refractivity contribution in [1.29, 1.82) is 0 Å². The second-order valence-corrected chi connectivity index (χ2v) is 5.27. The van der Waals surface area contributed by atoms with E-state index in [-0.39, 0.29) is 6.03 Å². The van der Waals surface area contributed by atoms with E-state index in [1.807, 2.05) is 11.9 Å². The number of nitrogens with one attached hydrogen (secondary N) is 2. The Hall–Kier alpha value is -0.810. The van der Waals surface area contributed by atoms with Gasteiger partial charge in [-0.1, -0.05) is 0 Å². The van der Waals surface area contributed by atoms with E-state index in [2.05, 4.69) is 22.6 Å². The summed E-state index contributed by atoms with van der Waals surface area (Å²) in [7, 11) is 4.10. The summed E-state index contributed by atoms with van der Waals surface area (Å²) >= 11 is 0. The molecule has 2 aliphatic heterocycles. The average molecular weight is 240 g/mol. The van der Waals surface area contributed by atoms with Crippen molar-refractivity contribution >= 4 is 6.03 Å². The van der Waals surface area contributed by atoms with E-state index in [1.54, 1.807) is 0 Å². The Labute approximate surface area is 104 Å². The number of urea groups is 1. The zero-order valence-electron chi connectivity index (χ0n) is 10.9. The van der Waals surface area contributed by atoms with E-state index in [9.17, 15) is 4.79 Å². The van der Waals surface area contributed by atoms with Gasteiger partial charge in [0.25, 0.3) is 0 Å². The highest BCUT2D eigenvalue weighted by Gasteiger charge is 2.36. The van der Waals surface area contributed by atoms with Crippen LogP contribution in [0.25, 0.3) is 0 Å². The lowest BCUT2D eigenvalue weighted by molar-refractivity contribution is 0.217. The number of carbonyl (C=O) groups is 1. The Balaban J connectivity index is 1.78. The van der Waals surface area contributed by atoms with Crippen LogP contribution < -0.4 is 10.6 Å². The van der Waals surface area contributed by atoms with E-state index in [0.717, 1.165) is 39.1 Å². The second kappa shape index (κ2) is 5.69. The summed E-state index contributed by atoms with van der Waals surface area (Å²) in [6.45, 7) is 5.01. The first-order valence-corrected chi connectivity index (χ1v) is 6.59. The maximum absolute atomic E-state index is 11.8. The lowest BCUT2D eigenvalue weighted by Gasteiger charge is -2.18. The van der Waals surface area contributed by atoms with Gasteiger partial charge in [0, 0.05) is 19.6 Å². The minimum absolute atomic E-state index is 0.126. The number of rotatable bonds is 5. The molecule has 5 heteroatoms. The monoisotopic (exact) mass is 240 g/mol. The van der Waals surface area contributed by atoms with Gasteiger partial charge in [0.2, 0.25) is 0 Å². The quantitative estimate of drug-likeness (QED) is 0.662. The third-order valence-electron chi connectivity index (χ3n) is 3.86. The van der Waals surface area contributed by atoms with Gasteiger partial charge in [0.15, 0.2) is 0 Å². The van der Waals surface area contributed by atoms with Gasteiger partial charge in [-0.2, -0.15) is 0 Å². The highest BCUT2D eigenvalue weighted by atomic mass is 16.2. The molecule has 98 valence electrons. The Morgan fingerprint density at radius 1 is 1.47 bits per heavy atom. The van der Waals surface area contributed by atoms with E-state index < -0.39 is 0 Å². The van der Waals surface area contributed by atoms with Crippen LogP contribution in [-0.4, -0.2) is 68.7 Å². The Morgan fingerprint density at radius 3 is 2.94 bits per heavy atom. The van der Waals surface area contributed by atoms with Crippen molar-refractivity contribution in [3.8, 4) is 0 Å². The Kier molecular flexibility index (Phi) is 4.23. The van der Waals surface area contributed by atoms with Crippen LogP contribution in [0.4, 0.5) is 4.79 Å². The molecule has 0 aromatic rings. The van der Waals surface area contributed by atoms with E-state index >= 15 is 0 Å². The zero-order chi connectivity index (χ0) is 12.3. The summed E-state index contributed by atoms with van der Waals surface area (Å²) in [5.41, 5.74) is 0. The van der Waals surface area contributed by atoms with Gasteiger partial charge in [-0.3, -0.25) is 0 Å². The molecule has 0 bridgehead atoms. The van der Waals surface area contributed by atoms with E-state index in [1.165, 1.54) is 6.42 Å². The topological polar surface area (TPSA) is 47.6 Å². The van der Waals surface area contributed by atoms with Crippen LogP contribution in [0.15, 0.2) is 0 Å². The molecule has 2 amide bonds. The predicted molar refractivity (Wildman–Crippen MR) is 68.0 cm³/mol. The van der Waals surface area contributed by atoms with Crippen LogP contribution in [0.2, 0.25) is 0 Å². The molecule has 0 aliphatic carbocycles. The Bertz CT molecular complexity index is 271. The summed E-state index contributed by atoms with van der Waals surface area (Å²) < 4.78 is 0. The molecule has 2 saturated heterocycles. The molecule has 2 unspecified atom stereocenters. The molecule has 0 radical (unpaired) electrons. The maximum Gasteiger partial charge on any atom is 0.317 e. The Morgan fingerprint density at radius 2 is 2.29 bits per heavy atom. The third-order valence-corrected chi connectivity index (χ3v) is 3.86. The molecule has 0 aromatic heterocycles. The first kappa shape index (κ1) is 12.6. The van der Waals surface area contributed by atoms with Gasteiger partial charge in [0.05, 0.1) is 6.04 Å². The molecule has 2 fully saturated rings. The van der Waals surface area contributed by atoms with Crippen molar-refractivity contribution in [1.82, 2.24) is 20.4 Å². The molecule has 2 atom stereocenters. The summed E-state index contributed by atoms with van der Waals surface area (Å²) in [6, 6.07) is 0.489. The first-order valence-electron chi connectivity index (χ1n) is 6.59. The lowest BCUT2D eigenvalue weighted by atomic mass is 10.00. The fourth-order valence-electron chi connectivity index (χ4n) is 2.82. The maximum atomic E-state index is 11.8. The van der Waals surface area contributed by atoms with Crippen molar-refractivity contribution in [2.24, 2.45) is 5.92 Å². The van der Waals surface area contributed by atoms with Crippen molar-refractivity contribution < 1.29 is 4.79 Å². The van der Waals surface area contributed by atoms with Gasteiger partial charge >= 0.3 is 6.03 Å².